The van der Waals surface area contributed by atoms with Gasteiger partial charge < -0.3 is 20.9 Å². The van der Waals surface area contributed by atoms with Gasteiger partial charge in [0.25, 0.3) is 0 Å². The number of nitrogens with one attached hydrogen (secondary N) is 3. The third kappa shape index (κ3) is 5.73. The molecule has 1 heterocycles. The van der Waals surface area contributed by atoms with E-state index in [9.17, 15) is 9.59 Å². The molecule has 1 saturated carbocycles. The fourth-order valence-electron chi connectivity index (χ4n) is 4.05. The summed E-state index contributed by atoms with van der Waals surface area (Å²) in [5.41, 5.74) is 1.35. The van der Waals surface area contributed by atoms with Crippen LogP contribution >= 0.6 is 0 Å². The number of amides is 3. The highest BCUT2D eigenvalue weighted by Crippen LogP contribution is 2.26. The molecular formula is C20H30N4O2. The molecule has 1 aliphatic heterocycles. The molecule has 1 aromatic carbocycles. The molecule has 0 bridgehead atoms. The van der Waals surface area contributed by atoms with E-state index in [1.165, 1.54) is 39.2 Å². The van der Waals surface area contributed by atoms with E-state index in [1.807, 2.05) is 12.1 Å². The van der Waals surface area contributed by atoms with Gasteiger partial charge in [0, 0.05) is 44.0 Å². The largest absolute Gasteiger partial charge is 0.335 e. The molecule has 6 nitrogen and oxygen atoms in total. The van der Waals surface area contributed by atoms with Crippen molar-refractivity contribution >= 4 is 23.3 Å². The van der Waals surface area contributed by atoms with Crippen LogP contribution in [0.4, 0.5) is 16.2 Å². The van der Waals surface area contributed by atoms with Crippen LogP contribution in [0.3, 0.4) is 0 Å². The van der Waals surface area contributed by atoms with Crippen LogP contribution in [0.25, 0.3) is 0 Å². The normalized spacial score (nSPS) is 19.3. The Morgan fingerprint density at radius 3 is 2.35 bits per heavy atom. The van der Waals surface area contributed by atoms with E-state index < -0.39 is 0 Å². The van der Waals surface area contributed by atoms with Crippen LogP contribution in [0, 0.1) is 5.92 Å². The van der Waals surface area contributed by atoms with Crippen molar-refractivity contribution in [1.82, 2.24) is 10.2 Å². The lowest BCUT2D eigenvalue weighted by Gasteiger charge is -2.33. The molecule has 1 saturated heterocycles. The molecule has 0 atom stereocenters. The molecule has 1 aromatic rings. The van der Waals surface area contributed by atoms with E-state index in [2.05, 4.69) is 20.9 Å². The predicted octanol–water partition coefficient (Wildman–Crippen LogP) is 3.42. The summed E-state index contributed by atoms with van der Waals surface area (Å²) in [6.07, 6.45) is 7.58. The second-order valence-electron chi connectivity index (χ2n) is 7.59. The Hall–Kier alpha value is -2.08. The van der Waals surface area contributed by atoms with E-state index in [4.69, 9.17) is 0 Å². The van der Waals surface area contributed by atoms with Gasteiger partial charge >= 0.3 is 6.03 Å². The summed E-state index contributed by atoms with van der Waals surface area (Å²) in [6, 6.07) is 7.22. The molecule has 3 amide bonds. The molecule has 3 N–H and O–H groups in total. The molecular weight excluding hydrogens is 328 g/mol. The van der Waals surface area contributed by atoms with E-state index >= 15 is 0 Å². The van der Waals surface area contributed by atoms with E-state index in [1.54, 1.807) is 12.1 Å². The summed E-state index contributed by atoms with van der Waals surface area (Å²) in [6.45, 7) is 4.83. The number of nitrogens with zero attached hydrogens (tertiary/aromatic N) is 1. The Labute approximate surface area is 155 Å². The zero-order valence-electron chi connectivity index (χ0n) is 15.6. The first-order valence-electron chi connectivity index (χ1n) is 9.76. The summed E-state index contributed by atoms with van der Waals surface area (Å²) in [7, 11) is 0. The van der Waals surface area contributed by atoms with E-state index in [-0.39, 0.29) is 18.0 Å². The quantitative estimate of drug-likeness (QED) is 0.755. The monoisotopic (exact) mass is 358 g/mol. The average molecular weight is 358 g/mol. The third-order valence-corrected chi connectivity index (χ3v) is 5.35. The van der Waals surface area contributed by atoms with Gasteiger partial charge in [-0.3, -0.25) is 4.79 Å². The Kier molecular flexibility index (Phi) is 6.50. The van der Waals surface area contributed by atoms with Gasteiger partial charge in [-0.1, -0.05) is 18.9 Å². The van der Waals surface area contributed by atoms with Crippen LogP contribution in [0.1, 0.15) is 45.4 Å². The summed E-state index contributed by atoms with van der Waals surface area (Å²) < 4.78 is 0. The standard InChI is InChI=1S/C20H30N4O2/c1-15(25)21-18-7-4-8-19(13-18)23-20(26)22-17-9-11-24(12-10-17)14-16-5-2-3-6-16/h4,7-8,13,16-17H,2-3,5-6,9-12,14H2,1H3,(H,21,25)(H2,22,23,26). The number of benzene rings is 1. The first-order chi connectivity index (χ1) is 12.6. The second kappa shape index (κ2) is 9.03. The summed E-state index contributed by atoms with van der Waals surface area (Å²) in [4.78, 5) is 25.9. The first kappa shape index (κ1) is 18.7. The Morgan fingerprint density at radius 1 is 1.04 bits per heavy atom. The van der Waals surface area contributed by atoms with Crippen LogP contribution in [-0.4, -0.2) is 42.5 Å². The number of urea groups is 1. The second-order valence-corrected chi connectivity index (χ2v) is 7.59. The Morgan fingerprint density at radius 2 is 1.69 bits per heavy atom. The average Bonchev–Trinajstić information content (AvgIpc) is 3.09. The van der Waals surface area contributed by atoms with Crippen molar-refractivity contribution in [3.05, 3.63) is 24.3 Å². The van der Waals surface area contributed by atoms with Gasteiger partial charge in [0.2, 0.25) is 5.91 Å². The highest BCUT2D eigenvalue weighted by Gasteiger charge is 2.24. The highest BCUT2D eigenvalue weighted by molar-refractivity contribution is 5.92. The van der Waals surface area contributed by atoms with Gasteiger partial charge in [0.15, 0.2) is 0 Å². The van der Waals surface area contributed by atoms with Crippen molar-refractivity contribution < 1.29 is 9.59 Å². The lowest BCUT2D eigenvalue weighted by molar-refractivity contribution is -0.114. The van der Waals surface area contributed by atoms with Crippen LogP contribution < -0.4 is 16.0 Å². The minimum atomic E-state index is -0.181. The topological polar surface area (TPSA) is 73.5 Å². The number of hydrogen-bond donors (Lipinski definition) is 3. The molecule has 6 heteroatoms. The van der Waals surface area contributed by atoms with Crippen molar-refractivity contribution in [3.63, 3.8) is 0 Å². The number of piperidine rings is 1. The molecule has 2 fully saturated rings. The van der Waals surface area contributed by atoms with Gasteiger partial charge in [-0.25, -0.2) is 4.79 Å². The number of hydrogen-bond acceptors (Lipinski definition) is 3. The van der Waals surface area contributed by atoms with Crippen LogP contribution in [0.5, 0.6) is 0 Å². The number of likely N-dealkylation sites (tertiary alicyclic amines) is 1. The Balaban J connectivity index is 1.40. The van der Waals surface area contributed by atoms with Crippen molar-refractivity contribution in [1.29, 1.82) is 0 Å². The van der Waals surface area contributed by atoms with Gasteiger partial charge in [0.1, 0.15) is 0 Å². The van der Waals surface area contributed by atoms with Crippen molar-refractivity contribution in [2.24, 2.45) is 5.92 Å². The number of rotatable bonds is 5. The summed E-state index contributed by atoms with van der Waals surface area (Å²) in [5, 5.41) is 8.65. The minimum absolute atomic E-state index is 0.129. The van der Waals surface area contributed by atoms with Gasteiger partial charge in [0.05, 0.1) is 0 Å². The smallest absolute Gasteiger partial charge is 0.319 e. The van der Waals surface area contributed by atoms with Crippen LogP contribution in [0.2, 0.25) is 0 Å². The predicted molar refractivity (Wildman–Crippen MR) is 104 cm³/mol. The molecule has 26 heavy (non-hydrogen) atoms. The maximum atomic E-state index is 12.3. The van der Waals surface area contributed by atoms with Gasteiger partial charge in [-0.15, -0.1) is 0 Å². The molecule has 0 radical (unpaired) electrons. The number of carbonyl (C=O) groups is 2. The molecule has 0 spiro atoms. The number of anilines is 2. The number of carbonyl (C=O) groups excluding carboxylic acids is 2. The molecule has 2 aliphatic rings. The third-order valence-electron chi connectivity index (χ3n) is 5.35. The molecule has 142 valence electrons. The Bertz CT molecular complexity index is 620. The van der Waals surface area contributed by atoms with Crippen molar-refractivity contribution in [2.75, 3.05) is 30.3 Å². The van der Waals surface area contributed by atoms with Gasteiger partial charge in [-0.2, -0.15) is 0 Å². The minimum Gasteiger partial charge on any atom is -0.335 e. The first-order valence-corrected chi connectivity index (χ1v) is 9.76. The van der Waals surface area contributed by atoms with Crippen molar-refractivity contribution in [2.45, 2.75) is 51.5 Å². The lowest BCUT2D eigenvalue weighted by Crippen LogP contribution is -2.46. The maximum Gasteiger partial charge on any atom is 0.319 e. The van der Waals surface area contributed by atoms with Crippen LogP contribution in [-0.2, 0) is 4.79 Å². The molecule has 0 unspecified atom stereocenters. The summed E-state index contributed by atoms with van der Waals surface area (Å²) in [5.74, 6) is 0.759. The highest BCUT2D eigenvalue weighted by atomic mass is 16.2. The van der Waals surface area contributed by atoms with E-state index in [0.717, 1.165) is 31.8 Å². The lowest BCUT2D eigenvalue weighted by atomic mass is 10.0. The SMILES string of the molecule is CC(=O)Nc1cccc(NC(=O)NC2CCN(CC3CCCC3)CC2)c1. The molecule has 3 rings (SSSR count). The fraction of sp³-hybridized carbons (Fsp3) is 0.600. The van der Waals surface area contributed by atoms with E-state index in [0.29, 0.717) is 11.4 Å². The zero-order valence-corrected chi connectivity index (χ0v) is 15.6. The fourth-order valence-corrected chi connectivity index (χ4v) is 4.05. The van der Waals surface area contributed by atoms with Gasteiger partial charge in [-0.05, 0) is 49.8 Å². The van der Waals surface area contributed by atoms with Crippen LogP contribution in [0.15, 0.2) is 24.3 Å². The zero-order chi connectivity index (χ0) is 18.4. The molecule has 1 aliphatic carbocycles. The summed E-state index contributed by atoms with van der Waals surface area (Å²) >= 11 is 0. The maximum absolute atomic E-state index is 12.3. The van der Waals surface area contributed by atoms with Crippen molar-refractivity contribution in [3.8, 4) is 0 Å². The molecule has 0 aromatic heterocycles.